The van der Waals surface area contributed by atoms with Gasteiger partial charge in [0.2, 0.25) is 0 Å². The Balaban J connectivity index is 1.83. The quantitative estimate of drug-likeness (QED) is 0.866. The van der Waals surface area contributed by atoms with E-state index in [0.29, 0.717) is 0 Å². The molecule has 0 aliphatic heterocycles. The summed E-state index contributed by atoms with van der Waals surface area (Å²) in [6.07, 6.45) is 7.98. The lowest BCUT2D eigenvalue weighted by Crippen LogP contribution is -2.13. The van der Waals surface area contributed by atoms with Crippen LogP contribution in [0.25, 0.3) is 0 Å². The van der Waals surface area contributed by atoms with Crippen LogP contribution in [0.2, 0.25) is 0 Å². The highest BCUT2D eigenvalue weighted by Crippen LogP contribution is 2.31. The number of carboxylic acid groups (broad SMARTS) is 1. The van der Waals surface area contributed by atoms with Crippen LogP contribution in [0.4, 0.5) is 0 Å². The van der Waals surface area contributed by atoms with Gasteiger partial charge in [0.1, 0.15) is 0 Å². The van der Waals surface area contributed by atoms with Gasteiger partial charge in [-0.15, -0.1) is 0 Å². The number of hydrogen-bond acceptors (Lipinski definition) is 1. The van der Waals surface area contributed by atoms with Crippen LogP contribution in [-0.4, -0.2) is 11.1 Å². The van der Waals surface area contributed by atoms with Crippen LogP contribution in [-0.2, 0) is 17.6 Å². The predicted octanol–water partition coefficient (Wildman–Crippen LogP) is 4.07. The number of rotatable bonds is 5. The molecule has 1 aliphatic carbocycles. The Bertz CT molecular complexity index is 417. The van der Waals surface area contributed by atoms with Crippen LogP contribution in [0.15, 0.2) is 24.3 Å². The molecule has 0 heterocycles. The van der Waals surface area contributed by atoms with Crippen molar-refractivity contribution in [1.82, 2.24) is 0 Å². The van der Waals surface area contributed by atoms with E-state index >= 15 is 0 Å². The highest BCUT2D eigenvalue weighted by Gasteiger charge is 2.17. The van der Waals surface area contributed by atoms with Crippen molar-refractivity contribution in [3.05, 3.63) is 35.4 Å². The highest BCUT2D eigenvalue weighted by molar-refractivity contribution is 5.70. The van der Waals surface area contributed by atoms with E-state index in [1.807, 2.05) is 12.1 Å². The lowest BCUT2D eigenvalue weighted by atomic mass is 9.80. The first-order chi connectivity index (χ1) is 9.13. The second kappa shape index (κ2) is 6.74. The molecule has 0 unspecified atom stereocenters. The molecular weight excluding hydrogens is 236 g/mol. The third kappa shape index (κ3) is 4.70. The summed E-state index contributed by atoms with van der Waals surface area (Å²) in [4.78, 5) is 10.7. The molecule has 2 rings (SSSR count). The van der Waals surface area contributed by atoms with Crippen molar-refractivity contribution < 1.29 is 9.90 Å². The molecule has 0 aromatic heterocycles. The van der Waals surface area contributed by atoms with Crippen molar-refractivity contribution in [2.45, 2.75) is 51.9 Å². The largest absolute Gasteiger partial charge is 0.481 e. The van der Waals surface area contributed by atoms with Gasteiger partial charge in [-0.1, -0.05) is 56.9 Å². The van der Waals surface area contributed by atoms with Gasteiger partial charge in [-0.25, -0.2) is 0 Å². The molecule has 2 nitrogen and oxygen atoms in total. The molecule has 1 aromatic carbocycles. The average molecular weight is 260 g/mol. The molecule has 0 bridgehead atoms. The van der Waals surface area contributed by atoms with Crippen molar-refractivity contribution in [3.63, 3.8) is 0 Å². The van der Waals surface area contributed by atoms with Gasteiger partial charge in [0.05, 0.1) is 6.42 Å². The molecule has 0 saturated heterocycles. The van der Waals surface area contributed by atoms with E-state index in [0.717, 1.165) is 23.8 Å². The topological polar surface area (TPSA) is 37.3 Å². The molecule has 0 spiro atoms. The van der Waals surface area contributed by atoms with Crippen molar-refractivity contribution in [2.24, 2.45) is 11.8 Å². The minimum absolute atomic E-state index is 0.134. The zero-order valence-electron chi connectivity index (χ0n) is 11.8. The molecule has 1 aromatic rings. The Morgan fingerprint density at radius 1 is 1.21 bits per heavy atom. The first-order valence-corrected chi connectivity index (χ1v) is 7.43. The summed E-state index contributed by atoms with van der Waals surface area (Å²) in [6, 6.07) is 8.06. The molecule has 2 heteroatoms. The third-order valence-corrected chi connectivity index (χ3v) is 4.32. The van der Waals surface area contributed by atoms with E-state index in [1.165, 1.54) is 37.7 Å². The average Bonchev–Trinajstić information content (AvgIpc) is 2.38. The van der Waals surface area contributed by atoms with Gasteiger partial charge in [0.15, 0.2) is 0 Å². The van der Waals surface area contributed by atoms with Crippen LogP contribution in [0.1, 0.15) is 50.2 Å². The van der Waals surface area contributed by atoms with Crippen molar-refractivity contribution >= 4 is 5.97 Å². The maximum Gasteiger partial charge on any atom is 0.307 e. The van der Waals surface area contributed by atoms with Crippen molar-refractivity contribution in [2.75, 3.05) is 0 Å². The molecule has 1 aliphatic rings. The number of hydrogen-bond donors (Lipinski definition) is 1. The van der Waals surface area contributed by atoms with Crippen molar-refractivity contribution in [3.8, 4) is 0 Å². The number of aryl methyl sites for hydroxylation is 1. The standard InChI is InChI=1S/C17H24O2/c1-13-5-7-14(8-6-13)9-10-15-3-2-4-16(11-15)12-17(18)19/h2-4,11,13-14H,5-10,12H2,1H3,(H,18,19). The van der Waals surface area contributed by atoms with Crippen LogP contribution in [0.3, 0.4) is 0 Å². The maximum atomic E-state index is 10.7. The van der Waals surface area contributed by atoms with Gasteiger partial charge in [-0.05, 0) is 35.8 Å². The zero-order chi connectivity index (χ0) is 13.7. The third-order valence-electron chi connectivity index (χ3n) is 4.32. The fraction of sp³-hybridized carbons (Fsp3) is 0.588. The van der Waals surface area contributed by atoms with Gasteiger partial charge >= 0.3 is 5.97 Å². The van der Waals surface area contributed by atoms with E-state index in [1.54, 1.807) is 0 Å². The highest BCUT2D eigenvalue weighted by atomic mass is 16.4. The summed E-state index contributed by atoms with van der Waals surface area (Å²) in [5.41, 5.74) is 2.21. The van der Waals surface area contributed by atoms with Gasteiger partial charge in [-0.2, -0.15) is 0 Å². The van der Waals surface area contributed by atoms with Gasteiger partial charge < -0.3 is 5.11 Å². The molecule has 0 amide bonds. The monoisotopic (exact) mass is 260 g/mol. The Morgan fingerprint density at radius 2 is 1.89 bits per heavy atom. The Kier molecular flexibility index (Phi) is 5.00. The summed E-state index contributed by atoms with van der Waals surface area (Å²) in [5, 5.41) is 8.82. The summed E-state index contributed by atoms with van der Waals surface area (Å²) in [7, 11) is 0. The van der Waals surface area contributed by atoms with Crippen LogP contribution in [0.5, 0.6) is 0 Å². The maximum absolute atomic E-state index is 10.7. The Hall–Kier alpha value is -1.31. The minimum Gasteiger partial charge on any atom is -0.481 e. The summed E-state index contributed by atoms with van der Waals surface area (Å²) in [5.74, 6) is 1.04. The SMILES string of the molecule is CC1CCC(CCc2cccc(CC(=O)O)c2)CC1. The summed E-state index contributed by atoms with van der Waals surface area (Å²) >= 11 is 0. The number of aliphatic carboxylic acids is 1. The van der Waals surface area contributed by atoms with E-state index in [4.69, 9.17) is 5.11 Å². The van der Waals surface area contributed by atoms with Gasteiger partial charge in [0.25, 0.3) is 0 Å². The minimum atomic E-state index is -0.751. The predicted molar refractivity (Wildman–Crippen MR) is 77.2 cm³/mol. The number of carbonyl (C=O) groups is 1. The second-order valence-electron chi connectivity index (χ2n) is 6.06. The Labute approximate surface area is 115 Å². The van der Waals surface area contributed by atoms with E-state index in [-0.39, 0.29) is 6.42 Å². The van der Waals surface area contributed by atoms with Crippen LogP contribution in [0, 0.1) is 11.8 Å². The zero-order valence-corrected chi connectivity index (χ0v) is 11.8. The molecule has 0 atom stereocenters. The molecule has 0 radical (unpaired) electrons. The van der Waals surface area contributed by atoms with E-state index in [2.05, 4.69) is 19.1 Å². The number of carboxylic acids is 1. The van der Waals surface area contributed by atoms with Crippen LogP contribution >= 0.6 is 0 Å². The van der Waals surface area contributed by atoms with Crippen LogP contribution < -0.4 is 0 Å². The smallest absolute Gasteiger partial charge is 0.307 e. The molecular formula is C17H24O2. The first kappa shape index (κ1) is 14.1. The Morgan fingerprint density at radius 3 is 2.58 bits per heavy atom. The van der Waals surface area contributed by atoms with Gasteiger partial charge in [0, 0.05) is 0 Å². The van der Waals surface area contributed by atoms with E-state index < -0.39 is 5.97 Å². The first-order valence-electron chi connectivity index (χ1n) is 7.43. The van der Waals surface area contributed by atoms with Crippen molar-refractivity contribution in [1.29, 1.82) is 0 Å². The normalized spacial score (nSPS) is 23.2. The summed E-state index contributed by atoms with van der Waals surface area (Å²) in [6.45, 7) is 2.35. The molecule has 104 valence electrons. The fourth-order valence-electron chi connectivity index (χ4n) is 3.06. The second-order valence-corrected chi connectivity index (χ2v) is 6.06. The summed E-state index contributed by atoms with van der Waals surface area (Å²) < 4.78 is 0. The lowest BCUT2D eigenvalue weighted by Gasteiger charge is -2.26. The molecule has 19 heavy (non-hydrogen) atoms. The molecule has 1 N–H and O–H groups in total. The lowest BCUT2D eigenvalue weighted by molar-refractivity contribution is -0.136. The fourth-order valence-corrected chi connectivity index (χ4v) is 3.06. The molecule has 1 fully saturated rings. The van der Waals surface area contributed by atoms with Gasteiger partial charge in [-0.3, -0.25) is 4.79 Å². The number of benzene rings is 1. The molecule has 1 saturated carbocycles. The van der Waals surface area contributed by atoms with E-state index in [9.17, 15) is 4.79 Å².